The van der Waals surface area contributed by atoms with Crippen molar-refractivity contribution < 1.29 is 31.5 Å². The first-order chi connectivity index (χ1) is 8.43. The minimum absolute atomic E-state index is 0. The number of hydrogen-bond donors (Lipinski definition) is 1. The third-order valence-electron chi connectivity index (χ3n) is 2.52. The maximum absolute atomic E-state index is 13.4. The molecular formula is C10H7ClF5NO2. The molecule has 1 heterocycles. The summed E-state index contributed by atoms with van der Waals surface area (Å²) in [6.45, 7) is -0.171. The summed E-state index contributed by atoms with van der Waals surface area (Å²) in [6, 6.07) is -1.31. The van der Waals surface area contributed by atoms with Gasteiger partial charge in [-0.3, -0.25) is 0 Å². The van der Waals surface area contributed by atoms with Crippen LogP contribution in [0.5, 0.6) is 0 Å². The number of cyclic esters (lactones) is 1. The number of nitrogens with one attached hydrogen (secondary N) is 1. The smallest absolute Gasteiger partial charge is 0.407 e. The van der Waals surface area contributed by atoms with Gasteiger partial charge in [0.05, 0.1) is 18.2 Å². The highest BCUT2D eigenvalue weighted by Gasteiger charge is 2.32. The van der Waals surface area contributed by atoms with Crippen LogP contribution in [0.25, 0.3) is 0 Å². The minimum atomic E-state index is -2.23. The fraction of sp³-hybridized carbons (Fsp3) is 0.300. The lowest BCUT2D eigenvalue weighted by atomic mass is 10.0. The Labute approximate surface area is 110 Å². The Kier molecular flexibility index (Phi) is 4.56. The average molecular weight is 304 g/mol. The van der Waals surface area contributed by atoms with E-state index in [0.717, 1.165) is 0 Å². The van der Waals surface area contributed by atoms with Crippen LogP contribution in [0.3, 0.4) is 0 Å². The van der Waals surface area contributed by atoms with Gasteiger partial charge in [0.25, 0.3) is 0 Å². The number of carbonyl (C=O) groups is 1. The molecule has 1 atom stereocenters. The van der Waals surface area contributed by atoms with Crippen molar-refractivity contribution in [2.24, 2.45) is 0 Å². The van der Waals surface area contributed by atoms with Crippen molar-refractivity contribution in [1.29, 1.82) is 0 Å². The SMILES string of the molecule is Cl.O=C1N[C@@H](c2c(F)c(F)c(F)c(F)c2F)CCO1. The van der Waals surface area contributed by atoms with E-state index in [9.17, 15) is 26.7 Å². The molecule has 1 aliphatic rings. The predicted octanol–water partition coefficient (Wildman–Crippen LogP) is 2.97. The van der Waals surface area contributed by atoms with Crippen molar-refractivity contribution in [2.45, 2.75) is 12.5 Å². The first-order valence-corrected chi connectivity index (χ1v) is 4.88. The largest absolute Gasteiger partial charge is 0.449 e. The summed E-state index contributed by atoms with van der Waals surface area (Å²) in [6.07, 6.45) is -1.07. The lowest BCUT2D eigenvalue weighted by molar-refractivity contribution is 0.114. The summed E-state index contributed by atoms with van der Waals surface area (Å²) >= 11 is 0. The van der Waals surface area contributed by atoms with Crippen molar-refractivity contribution in [3.8, 4) is 0 Å². The van der Waals surface area contributed by atoms with Crippen molar-refractivity contribution in [3.63, 3.8) is 0 Å². The molecule has 19 heavy (non-hydrogen) atoms. The molecule has 2 rings (SSSR count). The monoisotopic (exact) mass is 303 g/mol. The molecule has 3 nitrogen and oxygen atoms in total. The Hall–Kier alpha value is -1.57. The quantitative estimate of drug-likeness (QED) is 0.492. The van der Waals surface area contributed by atoms with E-state index in [-0.39, 0.29) is 25.4 Å². The molecule has 1 aromatic rings. The third-order valence-corrected chi connectivity index (χ3v) is 2.52. The standard InChI is InChI=1S/C10H6F5NO2.ClH/c11-5-4(3-1-2-18-10(17)16-3)6(12)8(14)9(15)7(5)13;/h3H,1-2H2,(H,16,17);1H/t3-;/m1./s1. The minimum Gasteiger partial charge on any atom is -0.449 e. The summed E-state index contributed by atoms with van der Waals surface area (Å²) in [5.74, 6) is -10.2. The summed E-state index contributed by atoms with van der Waals surface area (Å²) in [5, 5.41) is 1.99. The van der Waals surface area contributed by atoms with Crippen LogP contribution in [0.15, 0.2) is 0 Å². The molecule has 0 saturated carbocycles. The van der Waals surface area contributed by atoms with E-state index >= 15 is 0 Å². The van der Waals surface area contributed by atoms with E-state index in [0.29, 0.717) is 0 Å². The molecule has 1 aromatic carbocycles. The topological polar surface area (TPSA) is 38.3 Å². The van der Waals surface area contributed by atoms with Crippen LogP contribution < -0.4 is 5.32 Å². The van der Waals surface area contributed by atoms with Crippen molar-refractivity contribution in [2.75, 3.05) is 6.61 Å². The van der Waals surface area contributed by atoms with E-state index < -0.39 is 46.8 Å². The molecule has 0 radical (unpaired) electrons. The fourth-order valence-electron chi connectivity index (χ4n) is 1.67. The second kappa shape index (κ2) is 5.60. The third kappa shape index (κ3) is 2.58. The summed E-state index contributed by atoms with van der Waals surface area (Å²) in [4.78, 5) is 10.9. The van der Waals surface area contributed by atoms with E-state index in [1.807, 2.05) is 5.32 Å². The molecule has 1 saturated heterocycles. The van der Waals surface area contributed by atoms with Crippen molar-refractivity contribution in [3.05, 3.63) is 34.6 Å². The van der Waals surface area contributed by atoms with Crippen LogP contribution in [-0.4, -0.2) is 12.7 Å². The van der Waals surface area contributed by atoms with E-state index in [2.05, 4.69) is 4.74 Å². The lowest BCUT2D eigenvalue weighted by Gasteiger charge is -2.24. The van der Waals surface area contributed by atoms with E-state index in [1.54, 1.807) is 0 Å². The summed E-state index contributed by atoms with van der Waals surface area (Å²) in [7, 11) is 0. The molecule has 0 unspecified atom stereocenters. The molecule has 0 spiro atoms. The van der Waals surface area contributed by atoms with Crippen LogP contribution in [-0.2, 0) is 4.74 Å². The fourth-order valence-corrected chi connectivity index (χ4v) is 1.67. The summed E-state index contributed by atoms with van der Waals surface area (Å²) < 4.78 is 69.9. The van der Waals surface area contributed by atoms with Crippen molar-refractivity contribution in [1.82, 2.24) is 5.32 Å². The number of carbonyl (C=O) groups excluding carboxylic acids is 1. The highest BCUT2D eigenvalue weighted by atomic mass is 35.5. The molecule has 1 aliphatic heterocycles. The Morgan fingerprint density at radius 3 is 1.89 bits per heavy atom. The molecule has 1 N–H and O–H groups in total. The normalized spacial score (nSPS) is 18.4. The number of benzene rings is 1. The molecule has 0 bridgehead atoms. The first kappa shape index (κ1) is 15.5. The van der Waals surface area contributed by atoms with Gasteiger partial charge >= 0.3 is 6.09 Å². The number of alkyl carbamates (subject to hydrolysis) is 1. The zero-order valence-corrected chi connectivity index (χ0v) is 9.92. The van der Waals surface area contributed by atoms with Crippen LogP contribution in [0.1, 0.15) is 18.0 Å². The van der Waals surface area contributed by atoms with Gasteiger partial charge < -0.3 is 10.1 Å². The van der Waals surface area contributed by atoms with E-state index in [4.69, 9.17) is 0 Å². The van der Waals surface area contributed by atoms with Crippen molar-refractivity contribution >= 4 is 18.5 Å². The maximum Gasteiger partial charge on any atom is 0.407 e. The van der Waals surface area contributed by atoms with Gasteiger partial charge in [0.1, 0.15) is 0 Å². The Balaban J connectivity index is 0.00000180. The number of amides is 1. The van der Waals surface area contributed by atoms with Gasteiger partial charge in [0.15, 0.2) is 23.3 Å². The molecule has 9 heteroatoms. The lowest BCUT2D eigenvalue weighted by Crippen LogP contribution is -2.36. The second-order valence-corrected chi connectivity index (χ2v) is 3.61. The number of rotatable bonds is 1. The van der Waals surface area contributed by atoms with Gasteiger partial charge in [-0.05, 0) is 0 Å². The molecule has 1 amide bonds. The molecule has 0 aromatic heterocycles. The van der Waals surface area contributed by atoms with Crippen LogP contribution in [0.4, 0.5) is 26.7 Å². The van der Waals surface area contributed by atoms with Gasteiger partial charge in [-0.15, -0.1) is 12.4 Å². The van der Waals surface area contributed by atoms with Crippen LogP contribution >= 0.6 is 12.4 Å². The number of ether oxygens (including phenoxy) is 1. The Morgan fingerprint density at radius 2 is 1.42 bits per heavy atom. The van der Waals surface area contributed by atoms with Gasteiger partial charge in [-0.1, -0.05) is 0 Å². The number of halogens is 6. The molecular weight excluding hydrogens is 297 g/mol. The average Bonchev–Trinajstić information content (AvgIpc) is 2.34. The maximum atomic E-state index is 13.4. The van der Waals surface area contributed by atoms with Gasteiger partial charge in [-0.25, -0.2) is 26.7 Å². The molecule has 106 valence electrons. The van der Waals surface area contributed by atoms with Crippen LogP contribution in [0.2, 0.25) is 0 Å². The van der Waals surface area contributed by atoms with Gasteiger partial charge in [0, 0.05) is 6.42 Å². The molecule has 0 aliphatic carbocycles. The van der Waals surface area contributed by atoms with Gasteiger partial charge in [0.2, 0.25) is 5.82 Å². The Bertz CT molecular complexity index is 496. The van der Waals surface area contributed by atoms with E-state index in [1.165, 1.54) is 0 Å². The number of hydrogen-bond acceptors (Lipinski definition) is 2. The highest BCUT2D eigenvalue weighted by Crippen LogP contribution is 2.30. The molecule has 1 fully saturated rings. The first-order valence-electron chi connectivity index (χ1n) is 4.88. The predicted molar refractivity (Wildman–Crippen MR) is 55.3 cm³/mol. The zero-order valence-electron chi connectivity index (χ0n) is 9.11. The Morgan fingerprint density at radius 1 is 0.947 bits per heavy atom. The van der Waals surface area contributed by atoms with Gasteiger partial charge in [-0.2, -0.15) is 0 Å². The second-order valence-electron chi connectivity index (χ2n) is 3.61. The highest BCUT2D eigenvalue weighted by molar-refractivity contribution is 5.85. The van der Waals surface area contributed by atoms with Crippen LogP contribution in [0, 0.1) is 29.1 Å². The summed E-state index contributed by atoms with van der Waals surface area (Å²) in [5.41, 5.74) is -1.05. The zero-order chi connectivity index (χ0) is 13.4.